The Balaban J connectivity index is 1.67. The van der Waals surface area contributed by atoms with Gasteiger partial charge >= 0.3 is 5.97 Å². The van der Waals surface area contributed by atoms with Crippen LogP contribution in [0, 0.1) is 35.5 Å². The lowest BCUT2D eigenvalue weighted by Crippen LogP contribution is -2.61. The molecule has 3 N–H and O–H groups in total. The Hall–Kier alpha value is -2.85. The van der Waals surface area contributed by atoms with Gasteiger partial charge in [-0.25, -0.2) is 4.79 Å². The Morgan fingerprint density at radius 3 is 2.22 bits per heavy atom. The van der Waals surface area contributed by atoms with Gasteiger partial charge in [0, 0.05) is 58.5 Å². The van der Waals surface area contributed by atoms with E-state index in [9.17, 15) is 39.3 Å². The van der Waals surface area contributed by atoms with E-state index in [1.165, 1.54) is 12.0 Å². The van der Waals surface area contributed by atoms with E-state index in [0.717, 1.165) is 37.7 Å². The van der Waals surface area contributed by atoms with Crippen LogP contribution in [0.1, 0.15) is 151 Å². The topological polar surface area (TPSA) is 195 Å². The van der Waals surface area contributed by atoms with E-state index in [1.807, 2.05) is 20.8 Å². The van der Waals surface area contributed by atoms with E-state index in [4.69, 9.17) is 23.7 Å². The molecular formula is C51H83NO13. The number of ether oxygens (including phenoxy) is 5. The second-order valence-electron chi connectivity index (χ2n) is 20.3. The zero-order chi connectivity index (χ0) is 48.2. The zero-order valence-corrected chi connectivity index (χ0v) is 41.1. The van der Waals surface area contributed by atoms with Crippen LogP contribution in [0.2, 0.25) is 0 Å². The van der Waals surface area contributed by atoms with Gasteiger partial charge in [-0.05, 0) is 120 Å². The van der Waals surface area contributed by atoms with Crippen molar-refractivity contribution in [3.63, 3.8) is 0 Å². The Morgan fingerprint density at radius 2 is 1.54 bits per heavy atom. The molecule has 0 aromatic rings. The third-order valence-electron chi connectivity index (χ3n) is 15.1. The van der Waals surface area contributed by atoms with Gasteiger partial charge in [-0.2, -0.15) is 0 Å². The molecule has 2 bridgehead atoms. The second kappa shape index (κ2) is 25.5. The maximum atomic E-state index is 14.4. The van der Waals surface area contributed by atoms with Crippen LogP contribution in [0.4, 0.5) is 0 Å². The lowest BCUT2D eigenvalue weighted by Gasteiger charge is -2.42. The number of amides is 1. The van der Waals surface area contributed by atoms with Crippen LogP contribution < -0.4 is 0 Å². The van der Waals surface area contributed by atoms with E-state index in [-0.39, 0.29) is 66.8 Å². The van der Waals surface area contributed by atoms with Crippen molar-refractivity contribution in [2.75, 3.05) is 27.9 Å². The van der Waals surface area contributed by atoms with Crippen molar-refractivity contribution in [2.45, 2.75) is 206 Å². The average molecular weight is 918 g/mol. The summed E-state index contributed by atoms with van der Waals surface area (Å²) in [6.07, 6.45) is 7.89. The van der Waals surface area contributed by atoms with Gasteiger partial charge in [0.2, 0.25) is 5.79 Å². The largest absolute Gasteiger partial charge is 0.460 e. The fraction of sp³-hybridized carbons (Fsp3) is 0.824. The molecule has 4 rings (SSSR count). The maximum Gasteiger partial charge on any atom is 0.329 e. The molecule has 0 aromatic heterocycles. The third-order valence-corrected chi connectivity index (χ3v) is 15.1. The van der Waals surface area contributed by atoms with Crippen molar-refractivity contribution in [3.8, 4) is 0 Å². The number of esters is 1. The Kier molecular flexibility index (Phi) is 21.5. The lowest BCUT2D eigenvalue weighted by atomic mass is 9.78. The number of rotatable bonds is 6. The number of nitrogens with zero attached hydrogens (tertiary/aromatic N) is 1. The van der Waals surface area contributed by atoms with Crippen LogP contribution >= 0.6 is 0 Å². The van der Waals surface area contributed by atoms with Crippen molar-refractivity contribution < 1.29 is 63.0 Å². The van der Waals surface area contributed by atoms with Crippen molar-refractivity contribution in [2.24, 2.45) is 35.5 Å². The Morgan fingerprint density at radius 1 is 0.831 bits per heavy atom. The summed E-state index contributed by atoms with van der Waals surface area (Å²) < 4.78 is 29.5. The van der Waals surface area contributed by atoms with Gasteiger partial charge in [0.1, 0.15) is 30.1 Å². The van der Waals surface area contributed by atoms with E-state index < -0.39 is 71.8 Å². The zero-order valence-electron chi connectivity index (χ0n) is 41.1. The van der Waals surface area contributed by atoms with Crippen molar-refractivity contribution in [1.82, 2.24) is 4.90 Å². The minimum absolute atomic E-state index is 0.0992. The fourth-order valence-electron chi connectivity index (χ4n) is 10.7. The number of hydrogen-bond donors (Lipinski definition) is 3. The second-order valence-corrected chi connectivity index (χ2v) is 20.3. The van der Waals surface area contributed by atoms with Gasteiger partial charge < -0.3 is 43.9 Å². The molecule has 4 aliphatic rings. The minimum Gasteiger partial charge on any atom is -0.460 e. The molecule has 0 spiro atoms. The van der Waals surface area contributed by atoms with Crippen LogP contribution in [0.25, 0.3) is 0 Å². The molecule has 14 nitrogen and oxygen atoms in total. The van der Waals surface area contributed by atoms with E-state index in [2.05, 4.69) is 13.0 Å². The molecular weight excluding hydrogens is 835 g/mol. The first-order valence-electron chi connectivity index (χ1n) is 24.6. The van der Waals surface area contributed by atoms with Gasteiger partial charge in [0.05, 0.1) is 24.4 Å². The summed E-state index contributed by atoms with van der Waals surface area (Å²) in [5.74, 6) is -7.47. The summed E-state index contributed by atoms with van der Waals surface area (Å²) in [6.45, 7) is 13.1. The van der Waals surface area contributed by atoms with Crippen LogP contribution in [0.15, 0.2) is 23.3 Å². The minimum atomic E-state index is -2.40. The number of methoxy groups -OCH3 is 3. The highest BCUT2D eigenvalue weighted by Gasteiger charge is 2.53. The molecule has 3 aliphatic heterocycles. The Labute approximate surface area is 388 Å². The summed E-state index contributed by atoms with van der Waals surface area (Å²) in [7, 11) is 4.59. The molecule has 0 radical (unpaired) electrons. The Bertz CT molecular complexity index is 1660. The number of fused-ring (bicyclic) bond motifs is 3. The molecule has 0 unspecified atom stereocenters. The van der Waals surface area contributed by atoms with E-state index in [0.29, 0.717) is 63.4 Å². The predicted molar refractivity (Wildman–Crippen MR) is 245 cm³/mol. The van der Waals surface area contributed by atoms with Crippen molar-refractivity contribution in [3.05, 3.63) is 23.3 Å². The number of cyclic esters (lactones) is 1. The molecule has 2 saturated heterocycles. The predicted octanol–water partition coefficient (Wildman–Crippen LogP) is 6.63. The number of hydrogen-bond acceptors (Lipinski definition) is 13. The summed E-state index contributed by atoms with van der Waals surface area (Å²) >= 11 is 0. The summed E-state index contributed by atoms with van der Waals surface area (Å²) in [5, 5.41) is 33.9. The standard InChI is InChI=1S/C51H83NO13/c1-30-16-12-11-13-17-31(2)42(61-8)28-38-21-19-36(7)51(60,65-38)48(57)49(58)52-23-15-14-18-39(52)50(59)64-43(33(4)26-37-20-22-40(53)44(27-37)62-9)29-41(54)32(3)25-35(6)46(56)47(63-10)45(55)34(5)24-30/h17,25,30,32-34,36-40,42-44,46-47,53,56,60H,11-16,18-24,26-29H2,1-10H3/b31-17+,35-25+/t30-,32-,33-,34-,36-,37+,38+,39+,40+,42+,43+,44-,46-,47+,51-/m1/s1. The average Bonchev–Trinajstić information content (AvgIpc) is 3.28. The van der Waals surface area contributed by atoms with E-state index >= 15 is 0 Å². The molecule has 0 aromatic carbocycles. The maximum absolute atomic E-state index is 14.4. The number of carbonyl (C=O) groups excluding carboxylic acids is 5. The van der Waals surface area contributed by atoms with Gasteiger partial charge in [0.25, 0.3) is 11.7 Å². The third kappa shape index (κ3) is 14.6. The smallest absolute Gasteiger partial charge is 0.329 e. The highest BCUT2D eigenvalue weighted by molar-refractivity contribution is 6.39. The number of aliphatic hydroxyl groups is 3. The number of carbonyl (C=O) groups is 5. The molecule has 3 heterocycles. The summed E-state index contributed by atoms with van der Waals surface area (Å²) in [6, 6.07) is -1.13. The van der Waals surface area contributed by atoms with Crippen LogP contribution in [-0.2, 0) is 47.7 Å². The highest BCUT2D eigenvalue weighted by Crippen LogP contribution is 2.38. The first-order valence-corrected chi connectivity index (χ1v) is 24.6. The molecule has 3 fully saturated rings. The number of ketones is 3. The first kappa shape index (κ1) is 54.8. The number of Topliss-reactive ketones (excluding diaryl/α,β-unsaturated/α-hetero) is 3. The fourth-order valence-corrected chi connectivity index (χ4v) is 10.7. The molecule has 15 atom stereocenters. The molecule has 370 valence electrons. The van der Waals surface area contributed by atoms with Gasteiger partial charge in [-0.3, -0.25) is 19.2 Å². The van der Waals surface area contributed by atoms with Crippen molar-refractivity contribution >= 4 is 29.2 Å². The quantitative estimate of drug-likeness (QED) is 0.146. The molecule has 1 saturated carbocycles. The molecule has 1 amide bonds. The monoisotopic (exact) mass is 918 g/mol. The molecule has 65 heavy (non-hydrogen) atoms. The van der Waals surface area contributed by atoms with Crippen LogP contribution in [-0.4, -0.2) is 132 Å². The molecule has 14 heteroatoms. The van der Waals surface area contributed by atoms with Crippen LogP contribution in [0.5, 0.6) is 0 Å². The molecule has 1 aliphatic carbocycles. The van der Waals surface area contributed by atoms with Gasteiger partial charge in [-0.15, -0.1) is 0 Å². The lowest BCUT2D eigenvalue weighted by molar-refractivity contribution is -0.265. The first-order chi connectivity index (χ1) is 30.7. The SMILES string of the molecule is CO[C@H]1C[C@@H]2CC[C@@H](C)[C@@](O)(O2)C(=O)C(=O)N2CCCC[C@H]2C(=O)O[C@H]([C@H](C)C[C@@H]2CC[C@H](O)[C@H](OC)C2)CC(=O)[C@H](C)/C=C(\C)[C@@H](O)[C@@H](OC)C(=O)[C@H](C)C[C@H](C)CCCC/C=C/1C. The summed E-state index contributed by atoms with van der Waals surface area (Å²) in [5.41, 5.74) is 1.41. The number of aliphatic hydroxyl groups excluding tert-OH is 2. The van der Waals surface area contributed by atoms with Crippen LogP contribution in [0.3, 0.4) is 0 Å². The number of piperidine rings is 1. The van der Waals surface area contributed by atoms with Gasteiger partial charge in [0.15, 0.2) is 5.78 Å². The van der Waals surface area contributed by atoms with Crippen molar-refractivity contribution in [1.29, 1.82) is 0 Å². The van der Waals surface area contributed by atoms with E-state index in [1.54, 1.807) is 41.1 Å². The normalized spacial score (nSPS) is 39.9. The highest BCUT2D eigenvalue weighted by atomic mass is 16.6. The van der Waals surface area contributed by atoms with Gasteiger partial charge in [-0.1, -0.05) is 59.6 Å². The summed E-state index contributed by atoms with van der Waals surface area (Å²) in [4.78, 5) is 71.9. The number of allylic oxidation sites excluding steroid dienone is 2.